The van der Waals surface area contributed by atoms with Gasteiger partial charge < -0.3 is 14.6 Å². The Labute approximate surface area is 177 Å². The molecule has 0 aromatic rings. The number of esters is 1. The average molecular weight is 417 g/mol. The number of epoxide rings is 1. The summed E-state index contributed by atoms with van der Waals surface area (Å²) in [5.74, 6) is -0.478. The Bertz CT molecular complexity index is 877. The van der Waals surface area contributed by atoms with Crippen LogP contribution in [0.25, 0.3) is 0 Å². The van der Waals surface area contributed by atoms with E-state index in [1.54, 1.807) is 0 Å². The molecule has 0 amide bonds. The summed E-state index contributed by atoms with van der Waals surface area (Å²) in [6.07, 6.45) is 6.42. The second-order valence-electron chi connectivity index (χ2n) is 10.8. The molecule has 8 atom stereocenters. The molecule has 5 rings (SSSR count). The van der Waals surface area contributed by atoms with E-state index in [0.29, 0.717) is 12.8 Å². The smallest absolute Gasteiger partial charge is 0.303 e. The maximum atomic E-state index is 13.1. The number of hydrogen-bond donors (Lipinski definition) is 1. The van der Waals surface area contributed by atoms with Crippen molar-refractivity contribution in [2.24, 2.45) is 28.6 Å². The molecule has 4 fully saturated rings. The summed E-state index contributed by atoms with van der Waals surface area (Å²) in [5, 5.41) is 11.8. The first-order chi connectivity index (χ1) is 14.0. The SMILES string of the molecule is CC(=O)OCC(=O)[C@@]1(O)[C@H](C)C[C@H]2[C@@H]3CCC4=CC(=O)CC[C@]4(C)[C@@]34O[C@H]4C[C@@]21C. The van der Waals surface area contributed by atoms with Crippen molar-refractivity contribution >= 4 is 17.5 Å². The van der Waals surface area contributed by atoms with Gasteiger partial charge in [-0.3, -0.25) is 14.4 Å². The number of carbonyl (C=O) groups excluding carboxylic acids is 3. The van der Waals surface area contributed by atoms with E-state index >= 15 is 0 Å². The van der Waals surface area contributed by atoms with Gasteiger partial charge in [0.1, 0.15) is 11.2 Å². The fourth-order valence-corrected chi connectivity index (χ4v) is 8.22. The zero-order valence-electron chi connectivity index (χ0n) is 18.3. The summed E-state index contributed by atoms with van der Waals surface area (Å²) >= 11 is 0. The highest BCUT2D eigenvalue weighted by atomic mass is 16.6. The van der Waals surface area contributed by atoms with Crippen LogP contribution in [0.5, 0.6) is 0 Å². The molecule has 6 heteroatoms. The molecule has 0 aromatic carbocycles. The van der Waals surface area contributed by atoms with Crippen LogP contribution in [0.2, 0.25) is 0 Å². The Balaban J connectivity index is 1.51. The van der Waals surface area contributed by atoms with E-state index in [4.69, 9.17) is 9.47 Å². The van der Waals surface area contributed by atoms with Crippen LogP contribution in [-0.2, 0) is 23.9 Å². The highest BCUT2D eigenvalue weighted by molar-refractivity contribution is 5.92. The quantitative estimate of drug-likeness (QED) is 0.562. The minimum atomic E-state index is -1.52. The first-order valence-corrected chi connectivity index (χ1v) is 11.3. The van der Waals surface area contributed by atoms with Gasteiger partial charge in [0.2, 0.25) is 5.78 Å². The monoisotopic (exact) mass is 416 g/mol. The maximum absolute atomic E-state index is 13.1. The van der Waals surface area contributed by atoms with Gasteiger partial charge in [-0.15, -0.1) is 0 Å². The highest BCUT2D eigenvalue weighted by Gasteiger charge is 2.82. The molecule has 30 heavy (non-hydrogen) atoms. The lowest BCUT2D eigenvalue weighted by molar-refractivity contribution is -0.171. The molecule has 3 saturated carbocycles. The summed E-state index contributed by atoms with van der Waals surface area (Å²) in [7, 11) is 0. The third kappa shape index (κ3) is 2.19. The lowest BCUT2D eigenvalue weighted by Gasteiger charge is -2.56. The third-order valence-electron chi connectivity index (χ3n) is 9.75. The largest absolute Gasteiger partial charge is 0.458 e. The summed E-state index contributed by atoms with van der Waals surface area (Å²) in [6, 6.07) is 0. The first-order valence-electron chi connectivity index (χ1n) is 11.3. The van der Waals surface area contributed by atoms with E-state index in [9.17, 15) is 19.5 Å². The fraction of sp³-hybridized carbons (Fsp3) is 0.792. The molecule has 1 heterocycles. The molecule has 5 aliphatic rings. The fourth-order valence-electron chi connectivity index (χ4n) is 8.22. The van der Waals surface area contributed by atoms with Crippen molar-refractivity contribution in [1.82, 2.24) is 0 Å². The first kappa shape index (κ1) is 20.4. The third-order valence-corrected chi connectivity index (χ3v) is 9.75. The molecule has 1 aliphatic heterocycles. The number of rotatable bonds is 3. The van der Waals surface area contributed by atoms with E-state index < -0.39 is 22.8 Å². The van der Waals surface area contributed by atoms with Gasteiger partial charge in [0.25, 0.3) is 0 Å². The number of hydrogen-bond acceptors (Lipinski definition) is 6. The predicted octanol–water partition coefficient (Wildman–Crippen LogP) is 2.76. The lowest BCUT2D eigenvalue weighted by atomic mass is 9.46. The molecule has 4 aliphatic carbocycles. The van der Waals surface area contributed by atoms with Crippen molar-refractivity contribution in [3.63, 3.8) is 0 Å². The van der Waals surface area contributed by atoms with Crippen LogP contribution < -0.4 is 0 Å². The molecular weight excluding hydrogens is 384 g/mol. The van der Waals surface area contributed by atoms with E-state index in [1.165, 1.54) is 12.5 Å². The minimum absolute atomic E-state index is 0.0102. The summed E-state index contributed by atoms with van der Waals surface area (Å²) < 4.78 is 11.5. The van der Waals surface area contributed by atoms with Crippen LogP contribution in [0, 0.1) is 28.6 Å². The topological polar surface area (TPSA) is 93.2 Å². The lowest BCUT2D eigenvalue weighted by Crippen LogP contribution is -2.62. The second kappa shape index (κ2) is 6.04. The average Bonchev–Trinajstić information content (AvgIpc) is 3.36. The van der Waals surface area contributed by atoms with Gasteiger partial charge >= 0.3 is 5.97 Å². The molecule has 6 nitrogen and oxygen atoms in total. The maximum Gasteiger partial charge on any atom is 0.303 e. The molecule has 0 bridgehead atoms. The Kier molecular flexibility index (Phi) is 4.10. The molecular formula is C24H32O6. The molecule has 1 spiro atoms. The van der Waals surface area contributed by atoms with E-state index in [0.717, 1.165) is 25.7 Å². The number of fused-ring (bicyclic) bond motifs is 3. The predicted molar refractivity (Wildman–Crippen MR) is 107 cm³/mol. The highest BCUT2D eigenvalue weighted by Crippen LogP contribution is 2.76. The molecule has 0 aromatic heterocycles. The molecule has 164 valence electrons. The number of aliphatic hydroxyl groups is 1. The number of Topliss-reactive ketones (excluding diaryl/α,β-unsaturated/α-hetero) is 1. The standard InChI is InChI=1S/C24H32O6/c1-13-9-18-17-6-5-15-10-16(26)7-8-21(15,3)24(17)20(30-24)11-22(18,4)23(13,28)19(27)12-29-14(2)25/h10,13,17-18,20,28H,5-9,11-12H2,1-4H3/t13-,17+,18+,20+,21+,22+,23+,24-/m1/s1. The van der Waals surface area contributed by atoms with Crippen molar-refractivity contribution in [2.75, 3.05) is 6.61 Å². The Morgan fingerprint density at radius 3 is 2.70 bits per heavy atom. The molecule has 0 unspecified atom stereocenters. The van der Waals surface area contributed by atoms with E-state index in [1.807, 2.05) is 19.9 Å². The van der Waals surface area contributed by atoms with Crippen molar-refractivity contribution in [3.8, 4) is 0 Å². The number of carbonyl (C=O) groups is 3. The van der Waals surface area contributed by atoms with Crippen LogP contribution in [-0.4, -0.2) is 46.6 Å². The van der Waals surface area contributed by atoms with Gasteiger partial charge in [0.05, 0.1) is 6.10 Å². The van der Waals surface area contributed by atoms with Crippen LogP contribution in [0.4, 0.5) is 0 Å². The zero-order chi connectivity index (χ0) is 21.7. The zero-order valence-corrected chi connectivity index (χ0v) is 18.3. The van der Waals surface area contributed by atoms with Gasteiger partial charge in [0, 0.05) is 24.2 Å². The summed E-state index contributed by atoms with van der Waals surface area (Å²) in [4.78, 5) is 36.4. The molecule has 0 radical (unpaired) electrons. The molecule has 1 saturated heterocycles. The van der Waals surface area contributed by atoms with Crippen molar-refractivity contribution in [3.05, 3.63) is 11.6 Å². The van der Waals surface area contributed by atoms with Crippen LogP contribution >= 0.6 is 0 Å². The van der Waals surface area contributed by atoms with Crippen LogP contribution in [0.1, 0.15) is 66.2 Å². The summed E-state index contributed by atoms with van der Waals surface area (Å²) in [5.41, 5.74) is -1.31. The molecule has 1 N–H and O–H groups in total. The normalized spacial score (nSPS) is 51.1. The Morgan fingerprint density at radius 1 is 1.27 bits per heavy atom. The second-order valence-corrected chi connectivity index (χ2v) is 10.8. The Hall–Kier alpha value is -1.53. The van der Waals surface area contributed by atoms with Gasteiger partial charge in [-0.05, 0) is 55.9 Å². The van der Waals surface area contributed by atoms with Crippen LogP contribution in [0.15, 0.2) is 11.6 Å². The van der Waals surface area contributed by atoms with E-state index in [2.05, 4.69) is 6.92 Å². The van der Waals surface area contributed by atoms with Gasteiger partial charge in [-0.25, -0.2) is 0 Å². The van der Waals surface area contributed by atoms with Crippen molar-refractivity contribution in [2.45, 2.75) is 83.5 Å². The van der Waals surface area contributed by atoms with Gasteiger partial charge in [0.15, 0.2) is 12.4 Å². The van der Waals surface area contributed by atoms with Crippen molar-refractivity contribution in [1.29, 1.82) is 0 Å². The summed E-state index contributed by atoms with van der Waals surface area (Å²) in [6.45, 7) is 7.14. The Morgan fingerprint density at radius 2 is 2.00 bits per heavy atom. The van der Waals surface area contributed by atoms with E-state index in [-0.39, 0.29) is 47.3 Å². The number of ether oxygens (including phenoxy) is 2. The minimum Gasteiger partial charge on any atom is -0.458 e. The van der Waals surface area contributed by atoms with Crippen molar-refractivity contribution < 1.29 is 29.0 Å². The van der Waals surface area contributed by atoms with Gasteiger partial charge in [-0.2, -0.15) is 0 Å². The number of ketones is 2. The van der Waals surface area contributed by atoms with Crippen LogP contribution in [0.3, 0.4) is 0 Å². The van der Waals surface area contributed by atoms with Gasteiger partial charge in [-0.1, -0.05) is 26.3 Å².